The van der Waals surface area contributed by atoms with Crippen molar-refractivity contribution >= 4 is 21.9 Å². The van der Waals surface area contributed by atoms with Gasteiger partial charge in [0, 0.05) is 28.3 Å². The molecular weight excluding hydrogens is 402 g/mol. The van der Waals surface area contributed by atoms with Gasteiger partial charge in [-0.2, -0.15) is 0 Å². The summed E-state index contributed by atoms with van der Waals surface area (Å²) in [5.74, 6) is 0. The van der Waals surface area contributed by atoms with Crippen LogP contribution in [0, 0.1) is 13.8 Å². The molecule has 164 valence electrons. The molecule has 0 amide bonds. The van der Waals surface area contributed by atoms with E-state index in [1.807, 2.05) is 0 Å². The van der Waals surface area contributed by atoms with E-state index in [1.165, 1.54) is 55.4 Å². The van der Waals surface area contributed by atoms with Crippen molar-refractivity contribution < 1.29 is 8.98 Å². The molecule has 33 heavy (non-hydrogen) atoms. The maximum atomic E-state index is 6.71. The highest BCUT2D eigenvalue weighted by Crippen LogP contribution is 2.54. The van der Waals surface area contributed by atoms with Crippen molar-refractivity contribution in [3.8, 4) is 22.4 Å². The summed E-state index contributed by atoms with van der Waals surface area (Å²) in [6.45, 7) is 8.96. The highest BCUT2D eigenvalue weighted by atomic mass is 16.3. The van der Waals surface area contributed by atoms with Gasteiger partial charge >= 0.3 is 0 Å². The lowest BCUT2D eigenvalue weighted by Crippen LogP contribution is -2.30. The number of hydrogen-bond acceptors (Lipinski definition) is 1. The molecule has 0 saturated carbocycles. The Bertz CT molecular complexity index is 1570. The molecule has 0 saturated heterocycles. The van der Waals surface area contributed by atoms with E-state index in [-0.39, 0.29) is 5.41 Å². The molecule has 2 nitrogen and oxygen atoms in total. The molecule has 1 aliphatic rings. The van der Waals surface area contributed by atoms with Gasteiger partial charge in [0.1, 0.15) is 18.2 Å². The standard InChI is InChI=1S/C31H30NO/c1-6-31(7-2)25-11-9-8-10-21(25)23-17-24-22-13-12-20(4)29(27-16-19(3)14-15-32(27)5)30(22)33-28(24)18-26(23)31/h8-18H,6-7H2,1-5H3/q+1. The minimum Gasteiger partial charge on any atom is -0.455 e. The molecule has 3 aromatic carbocycles. The van der Waals surface area contributed by atoms with Crippen LogP contribution in [0.4, 0.5) is 0 Å². The van der Waals surface area contributed by atoms with E-state index in [9.17, 15) is 0 Å². The van der Waals surface area contributed by atoms with E-state index in [4.69, 9.17) is 4.42 Å². The van der Waals surface area contributed by atoms with Gasteiger partial charge in [0.05, 0.1) is 5.56 Å². The van der Waals surface area contributed by atoms with E-state index >= 15 is 0 Å². The second-order valence-corrected chi connectivity index (χ2v) is 9.67. The molecule has 2 aromatic heterocycles. The number of hydrogen-bond donors (Lipinski definition) is 0. The molecule has 5 aromatic rings. The van der Waals surface area contributed by atoms with Gasteiger partial charge in [0.2, 0.25) is 5.69 Å². The summed E-state index contributed by atoms with van der Waals surface area (Å²) >= 11 is 0. The van der Waals surface area contributed by atoms with Gasteiger partial charge in [0.15, 0.2) is 6.20 Å². The Hall–Kier alpha value is -3.39. The van der Waals surface area contributed by atoms with E-state index < -0.39 is 0 Å². The number of aryl methyl sites for hydroxylation is 3. The van der Waals surface area contributed by atoms with Crippen LogP contribution in [0.2, 0.25) is 0 Å². The SMILES string of the molecule is CCC1(CC)c2ccccc2-c2cc3c(cc21)oc1c(-c2cc(C)cc[n+]2C)c(C)ccc13. The van der Waals surface area contributed by atoms with E-state index in [0.717, 1.165) is 24.0 Å². The molecule has 0 N–H and O–H groups in total. The van der Waals surface area contributed by atoms with Crippen LogP contribution in [0.1, 0.15) is 48.9 Å². The largest absolute Gasteiger partial charge is 0.455 e. The molecular formula is C31H30NO+. The summed E-state index contributed by atoms with van der Waals surface area (Å²) in [4.78, 5) is 0. The Morgan fingerprint density at radius 2 is 1.61 bits per heavy atom. The fraction of sp³-hybridized carbons (Fsp3) is 0.258. The van der Waals surface area contributed by atoms with Crippen molar-refractivity contribution in [1.29, 1.82) is 0 Å². The van der Waals surface area contributed by atoms with Crippen LogP contribution in [0.5, 0.6) is 0 Å². The van der Waals surface area contributed by atoms with Crippen molar-refractivity contribution in [3.63, 3.8) is 0 Å². The lowest BCUT2D eigenvalue weighted by atomic mass is 9.74. The van der Waals surface area contributed by atoms with Crippen LogP contribution in [-0.4, -0.2) is 0 Å². The maximum absolute atomic E-state index is 6.71. The predicted octanol–water partition coefficient (Wildman–Crippen LogP) is 7.78. The van der Waals surface area contributed by atoms with Crippen LogP contribution >= 0.6 is 0 Å². The lowest BCUT2D eigenvalue weighted by molar-refractivity contribution is -0.660. The van der Waals surface area contributed by atoms with Gasteiger partial charge in [-0.15, -0.1) is 0 Å². The van der Waals surface area contributed by atoms with Crippen LogP contribution in [0.15, 0.2) is 71.3 Å². The average Bonchev–Trinajstić information content (AvgIpc) is 3.32. The maximum Gasteiger partial charge on any atom is 0.216 e. The summed E-state index contributed by atoms with van der Waals surface area (Å²) in [5.41, 5.74) is 12.5. The first-order valence-electron chi connectivity index (χ1n) is 12.1. The number of pyridine rings is 1. The van der Waals surface area contributed by atoms with Crippen molar-refractivity contribution in [3.05, 3.63) is 89.1 Å². The third-order valence-corrected chi connectivity index (χ3v) is 8.00. The summed E-state index contributed by atoms with van der Waals surface area (Å²) < 4.78 is 8.90. The minimum absolute atomic E-state index is 0.0564. The second-order valence-electron chi connectivity index (χ2n) is 9.67. The quantitative estimate of drug-likeness (QED) is 0.266. The first kappa shape index (κ1) is 20.2. The monoisotopic (exact) mass is 432 g/mol. The fourth-order valence-electron chi connectivity index (χ4n) is 6.14. The zero-order valence-corrected chi connectivity index (χ0v) is 20.1. The molecule has 2 heterocycles. The molecule has 0 atom stereocenters. The molecule has 1 aliphatic carbocycles. The van der Waals surface area contributed by atoms with Gasteiger partial charge < -0.3 is 4.42 Å². The van der Waals surface area contributed by atoms with Gasteiger partial charge in [-0.25, -0.2) is 4.57 Å². The van der Waals surface area contributed by atoms with Gasteiger partial charge in [-0.05, 0) is 72.2 Å². The molecule has 0 spiro atoms. The molecule has 0 unspecified atom stereocenters. The second kappa shape index (κ2) is 7.05. The van der Waals surface area contributed by atoms with Gasteiger partial charge in [-0.1, -0.05) is 50.2 Å². The Kier molecular flexibility index (Phi) is 4.32. The zero-order valence-electron chi connectivity index (χ0n) is 20.1. The van der Waals surface area contributed by atoms with E-state index in [1.54, 1.807) is 0 Å². The third kappa shape index (κ3) is 2.64. The molecule has 0 radical (unpaired) electrons. The number of rotatable bonds is 3. The Balaban J connectivity index is 1.71. The zero-order chi connectivity index (χ0) is 22.9. The summed E-state index contributed by atoms with van der Waals surface area (Å²) in [6.07, 6.45) is 4.30. The van der Waals surface area contributed by atoms with Crippen molar-refractivity contribution in [2.24, 2.45) is 7.05 Å². The first-order valence-corrected chi connectivity index (χ1v) is 12.1. The Morgan fingerprint density at radius 3 is 2.39 bits per heavy atom. The Labute approximate surface area is 195 Å². The van der Waals surface area contributed by atoms with Crippen LogP contribution in [0.25, 0.3) is 44.3 Å². The summed E-state index contributed by atoms with van der Waals surface area (Å²) in [5, 5.41) is 2.40. The topological polar surface area (TPSA) is 17.0 Å². The van der Waals surface area contributed by atoms with Crippen molar-refractivity contribution in [2.45, 2.75) is 46.0 Å². The normalized spacial score (nSPS) is 14.1. The number of fused-ring (bicyclic) bond motifs is 6. The average molecular weight is 433 g/mol. The third-order valence-electron chi connectivity index (χ3n) is 8.00. The first-order chi connectivity index (χ1) is 16.0. The molecule has 0 aliphatic heterocycles. The number of furan rings is 1. The summed E-state index contributed by atoms with van der Waals surface area (Å²) in [7, 11) is 2.11. The highest BCUT2D eigenvalue weighted by molar-refractivity contribution is 6.11. The smallest absolute Gasteiger partial charge is 0.216 e. The number of benzene rings is 3. The number of nitrogens with zero attached hydrogens (tertiary/aromatic N) is 1. The van der Waals surface area contributed by atoms with Crippen LogP contribution < -0.4 is 4.57 Å². The summed E-state index contributed by atoms with van der Waals surface area (Å²) in [6, 6.07) is 22.6. The van der Waals surface area contributed by atoms with Gasteiger partial charge in [-0.3, -0.25) is 0 Å². The molecule has 0 bridgehead atoms. The van der Waals surface area contributed by atoms with Gasteiger partial charge in [0.25, 0.3) is 0 Å². The predicted molar refractivity (Wildman–Crippen MR) is 137 cm³/mol. The fourth-order valence-corrected chi connectivity index (χ4v) is 6.14. The van der Waals surface area contributed by atoms with Crippen LogP contribution in [-0.2, 0) is 12.5 Å². The van der Waals surface area contributed by atoms with Crippen molar-refractivity contribution in [1.82, 2.24) is 0 Å². The van der Waals surface area contributed by atoms with E-state index in [0.29, 0.717) is 0 Å². The Morgan fingerprint density at radius 1 is 0.818 bits per heavy atom. The van der Waals surface area contributed by atoms with E-state index in [2.05, 4.69) is 106 Å². The highest BCUT2D eigenvalue weighted by Gasteiger charge is 2.41. The lowest BCUT2D eigenvalue weighted by Gasteiger charge is -2.29. The van der Waals surface area contributed by atoms with Crippen molar-refractivity contribution in [2.75, 3.05) is 0 Å². The minimum atomic E-state index is 0.0564. The molecule has 6 rings (SSSR count). The molecule has 2 heteroatoms. The van der Waals surface area contributed by atoms with Crippen LogP contribution in [0.3, 0.4) is 0 Å². The molecule has 0 fully saturated rings. The number of aromatic nitrogens is 1.